The Hall–Kier alpha value is -1.46. The molecule has 0 fully saturated rings. The van der Waals surface area contributed by atoms with Crippen LogP contribution in [-0.4, -0.2) is 36.0 Å². The molecule has 1 aromatic heterocycles. The maximum Gasteiger partial charge on any atom is 0.245 e. The van der Waals surface area contributed by atoms with E-state index in [-0.39, 0.29) is 0 Å². The van der Waals surface area contributed by atoms with Gasteiger partial charge >= 0.3 is 0 Å². The second-order valence-electron chi connectivity index (χ2n) is 1.89. The van der Waals surface area contributed by atoms with Crippen molar-refractivity contribution in [2.24, 2.45) is 0 Å². The van der Waals surface area contributed by atoms with Gasteiger partial charge in [0.25, 0.3) is 0 Å². The topological polar surface area (TPSA) is 66.8 Å². The zero-order valence-corrected chi connectivity index (χ0v) is 6.84. The molecule has 1 rings (SSSR count). The Morgan fingerprint density at radius 1 is 1.18 bits per heavy atom. The van der Waals surface area contributed by atoms with Crippen LogP contribution in [0.4, 0.5) is 11.9 Å². The van der Waals surface area contributed by atoms with Crippen molar-refractivity contribution in [3.05, 3.63) is 0 Å². The number of aromatic nitrogens is 3. The van der Waals surface area contributed by atoms with Crippen LogP contribution in [0.1, 0.15) is 0 Å². The highest BCUT2D eigenvalue weighted by molar-refractivity contribution is 5.34. The Kier molecular flexibility index (Phi) is 2.15. The third kappa shape index (κ3) is 1.34. The Morgan fingerprint density at radius 3 is 2.27 bits per heavy atom. The number of hydrogen-bond donors (Lipinski definition) is 3. The third-order valence-corrected chi connectivity index (χ3v) is 1.27. The summed E-state index contributed by atoms with van der Waals surface area (Å²) in [5, 5.41) is 9.76. The summed E-state index contributed by atoms with van der Waals surface area (Å²) < 4.78 is 0. The smallest absolute Gasteiger partial charge is 0.245 e. The molecule has 0 aliphatic heterocycles. The molecule has 0 spiro atoms. The molecule has 6 nitrogen and oxygen atoms in total. The minimum Gasteiger partial charge on any atom is -0.356 e. The molecule has 62 valence electrons. The van der Waals surface area contributed by atoms with Crippen molar-refractivity contribution in [2.75, 3.05) is 37.2 Å². The third-order valence-electron chi connectivity index (χ3n) is 1.27. The normalized spacial score (nSPS) is 9.36. The summed E-state index contributed by atoms with van der Waals surface area (Å²) in [6.07, 6.45) is 0. The van der Waals surface area contributed by atoms with Gasteiger partial charge in [-0.05, 0) is 0 Å². The van der Waals surface area contributed by atoms with Crippen LogP contribution in [0.15, 0.2) is 0 Å². The van der Waals surface area contributed by atoms with Crippen molar-refractivity contribution in [3.63, 3.8) is 0 Å². The zero-order valence-electron chi connectivity index (χ0n) is 6.84. The zero-order chi connectivity index (χ0) is 8.27. The van der Waals surface area contributed by atoms with Gasteiger partial charge in [-0.2, -0.15) is 4.98 Å². The van der Waals surface area contributed by atoms with E-state index in [0.717, 1.165) is 0 Å². The number of nitrogens with one attached hydrogen (secondary N) is 3. The Labute approximate surface area is 65.0 Å². The largest absolute Gasteiger partial charge is 0.356 e. The molecule has 0 saturated carbocycles. The molecular weight excluding hydrogens is 144 g/mol. The van der Waals surface area contributed by atoms with Gasteiger partial charge in [0, 0.05) is 21.1 Å². The molecule has 1 aromatic rings. The SMILES string of the molecule is CNc1nc(NC)n(NC)n1. The predicted molar refractivity (Wildman–Crippen MR) is 44.4 cm³/mol. The van der Waals surface area contributed by atoms with Crippen LogP contribution in [-0.2, 0) is 0 Å². The molecule has 1 heterocycles. The molecule has 0 unspecified atom stereocenters. The van der Waals surface area contributed by atoms with Gasteiger partial charge in [0.05, 0.1) is 0 Å². The summed E-state index contributed by atoms with van der Waals surface area (Å²) in [5.41, 5.74) is 2.84. The number of rotatable bonds is 3. The highest BCUT2D eigenvalue weighted by atomic mass is 15.6. The average Bonchev–Trinajstić information content (AvgIpc) is 2.46. The van der Waals surface area contributed by atoms with Gasteiger partial charge in [-0.1, -0.05) is 0 Å². The fourth-order valence-electron chi connectivity index (χ4n) is 0.736. The van der Waals surface area contributed by atoms with E-state index < -0.39 is 0 Å². The van der Waals surface area contributed by atoms with E-state index in [1.807, 2.05) is 0 Å². The maximum absolute atomic E-state index is 4.09. The van der Waals surface area contributed by atoms with Gasteiger partial charge in [0.1, 0.15) is 0 Å². The van der Waals surface area contributed by atoms with E-state index >= 15 is 0 Å². The van der Waals surface area contributed by atoms with Gasteiger partial charge in [-0.15, -0.1) is 9.89 Å². The molecule has 0 aromatic carbocycles. The van der Waals surface area contributed by atoms with Crippen LogP contribution >= 0.6 is 0 Å². The molecule has 0 radical (unpaired) electrons. The first-order valence-electron chi connectivity index (χ1n) is 3.32. The second kappa shape index (κ2) is 3.09. The Morgan fingerprint density at radius 2 is 1.91 bits per heavy atom. The van der Waals surface area contributed by atoms with Gasteiger partial charge in [-0.3, -0.25) is 0 Å². The van der Waals surface area contributed by atoms with Gasteiger partial charge in [-0.25, -0.2) is 0 Å². The molecule has 0 aliphatic carbocycles. The second-order valence-corrected chi connectivity index (χ2v) is 1.89. The predicted octanol–water partition coefficient (Wildman–Crippen LogP) is -0.465. The van der Waals surface area contributed by atoms with E-state index in [9.17, 15) is 0 Å². The summed E-state index contributed by atoms with van der Waals surface area (Å²) in [5.74, 6) is 1.26. The summed E-state index contributed by atoms with van der Waals surface area (Å²) in [4.78, 5) is 5.63. The van der Waals surface area contributed by atoms with Crippen molar-refractivity contribution in [1.29, 1.82) is 0 Å². The minimum atomic E-state index is 0.587. The molecule has 0 amide bonds. The fraction of sp³-hybridized carbons (Fsp3) is 0.600. The van der Waals surface area contributed by atoms with Crippen LogP contribution in [0.25, 0.3) is 0 Å². The average molecular weight is 156 g/mol. The molecule has 11 heavy (non-hydrogen) atoms. The minimum absolute atomic E-state index is 0.587. The van der Waals surface area contributed by atoms with Crippen molar-refractivity contribution >= 4 is 11.9 Å². The molecule has 0 aliphatic rings. The first-order chi connectivity index (χ1) is 5.31. The number of hydrogen-bond acceptors (Lipinski definition) is 5. The van der Waals surface area contributed by atoms with Crippen LogP contribution in [0.5, 0.6) is 0 Å². The standard InChI is InChI=1S/C5H12N6/c1-6-4-9-5(7-2)11(8-3)10-4/h8H,1-3H3,(H2,6,7,9,10). The monoisotopic (exact) mass is 156 g/mol. The fourth-order valence-corrected chi connectivity index (χ4v) is 0.736. The van der Waals surface area contributed by atoms with E-state index in [1.165, 1.54) is 0 Å². The lowest BCUT2D eigenvalue weighted by Crippen LogP contribution is -2.13. The lowest BCUT2D eigenvalue weighted by Gasteiger charge is -2.00. The Balaban J connectivity index is 2.92. The van der Waals surface area contributed by atoms with Crippen LogP contribution < -0.4 is 16.1 Å². The van der Waals surface area contributed by atoms with Crippen molar-refractivity contribution in [1.82, 2.24) is 14.9 Å². The van der Waals surface area contributed by atoms with Crippen molar-refractivity contribution in [2.45, 2.75) is 0 Å². The van der Waals surface area contributed by atoms with Gasteiger partial charge in [0.15, 0.2) is 0 Å². The molecule has 6 heteroatoms. The molecule has 0 saturated heterocycles. The van der Waals surface area contributed by atoms with Crippen molar-refractivity contribution < 1.29 is 0 Å². The van der Waals surface area contributed by atoms with Crippen molar-refractivity contribution in [3.8, 4) is 0 Å². The maximum atomic E-state index is 4.09. The van der Waals surface area contributed by atoms with Gasteiger partial charge in [0.2, 0.25) is 11.9 Å². The molecule has 3 N–H and O–H groups in total. The Bertz CT molecular complexity index is 207. The van der Waals surface area contributed by atoms with Gasteiger partial charge < -0.3 is 16.1 Å². The molecular formula is C5H12N6. The highest BCUT2D eigenvalue weighted by Gasteiger charge is 2.03. The summed E-state index contributed by atoms with van der Waals surface area (Å²) >= 11 is 0. The first-order valence-corrected chi connectivity index (χ1v) is 3.32. The molecule has 0 atom stereocenters. The van der Waals surface area contributed by atoms with E-state index in [1.54, 1.807) is 25.9 Å². The quantitative estimate of drug-likeness (QED) is 0.552. The van der Waals surface area contributed by atoms with E-state index in [0.29, 0.717) is 11.9 Å². The highest BCUT2D eigenvalue weighted by Crippen LogP contribution is 2.03. The van der Waals surface area contributed by atoms with Crippen LogP contribution in [0.2, 0.25) is 0 Å². The summed E-state index contributed by atoms with van der Waals surface area (Å²) in [7, 11) is 5.33. The van der Waals surface area contributed by atoms with E-state index in [2.05, 4.69) is 26.1 Å². The molecule has 0 bridgehead atoms. The lowest BCUT2D eigenvalue weighted by atomic mass is 10.9. The summed E-state index contributed by atoms with van der Waals surface area (Å²) in [6.45, 7) is 0. The number of anilines is 2. The van der Waals surface area contributed by atoms with Crippen LogP contribution in [0.3, 0.4) is 0 Å². The van der Waals surface area contributed by atoms with E-state index in [4.69, 9.17) is 0 Å². The number of nitrogens with zero attached hydrogens (tertiary/aromatic N) is 3. The summed E-state index contributed by atoms with van der Waals surface area (Å²) in [6, 6.07) is 0. The van der Waals surface area contributed by atoms with Crippen LogP contribution in [0, 0.1) is 0 Å². The first kappa shape index (κ1) is 7.64. The lowest BCUT2D eigenvalue weighted by molar-refractivity contribution is 0.789.